The number of hydrogen-bond acceptors (Lipinski definition) is 2. The minimum atomic E-state index is -1.63. The summed E-state index contributed by atoms with van der Waals surface area (Å²) in [7, 11) is -3.27. The summed E-state index contributed by atoms with van der Waals surface area (Å²) >= 11 is 0. The summed E-state index contributed by atoms with van der Waals surface area (Å²) < 4.78 is 12.9. The first-order valence-corrected chi connectivity index (χ1v) is 15.8. The Balaban J connectivity index is 2.89. The van der Waals surface area contributed by atoms with Crippen molar-refractivity contribution in [1.29, 1.82) is 0 Å². The van der Waals surface area contributed by atoms with Crippen LogP contribution in [0, 0.1) is 13.8 Å². The Morgan fingerprint density at radius 2 is 1.04 bits per heavy atom. The van der Waals surface area contributed by atoms with Crippen LogP contribution in [0.1, 0.15) is 50.7 Å². The van der Waals surface area contributed by atoms with Crippen LogP contribution in [0.3, 0.4) is 0 Å². The lowest BCUT2D eigenvalue weighted by atomic mass is 10.1. The molecule has 0 aromatic heterocycles. The van der Waals surface area contributed by atoms with Gasteiger partial charge in [0.05, 0.1) is 0 Å². The van der Waals surface area contributed by atoms with E-state index >= 15 is 0 Å². The zero-order valence-corrected chi connectivity index (χ0v) is 19.2. The first-order valence-electron chi connectivity index (χ1n) is 9.59. The van der Waals surface area contributed by atoms with Crippen LogP contribution in [0.15, 0.2) is 12.1 Å². The van der Waals surface area contributed by atoms with Gasteiger partial charge in [0, 0.05) is 0 Å². The summed E-state index contributed by atoms with van der Waals surface area (Å²) in [6.45, 7) is 18.1. The molecular formula is C20H38O2Si2. The van der Waals surface area contributed by atoms with E-state index in [4.69, 9.17) is 8.85 Å². The van der Waals surface area contributed by atoms with Gasteiger partial charge in [-0.15, -0.1) is 0 Å². The fraction of sp³-hybridized carbons (Fsp3) is 0.700. The van der Waals surface area contributed by atoms with E-state index < -0.39 is 16.6 Å². The lowest BCUT2D eigenvalue weighted by Gasteiger charge is -2.28. The summed E-state index contributed by atoms with van der Waals surface area (Å²) in [5, 5.41) is 0. The predicted octanol–water partition coefficient (Wildman–Crippen LogP) is 7.07. The van der Waals surface area contributed by atoms with Crippen LogP contribution in [0.2, 0.25) is 38.3 Å². The minimum absolute atomic E-state index is 1.06. The second-order valence-corrected chi connectivity index (χ2v) is 16.8. The zero-order chi connectivity index (χ0) is 18.4. The van der Waals surface area contributed by atoms with Gasteiger partial charge >= 0.3 is 0 Å². The number of benzene rings is 1. The van der Waals surface area contributed by atoms with E-state index in [1.807, 2.05) is 0 Å². The molecule has 0 radical (unpaired) electrons. The fourth-order valence-electron chi connectivity index (χ4n) is 2.89. The Labute approximate surface area is 152 Å². The predicted molar refractivity (Wildman–Crippen MR) is 112 cm³/mol. The van der Waals surface area contributed by atoms with Crippen molar-refractivity contribution in [2.45, 2.75) is 91.7 Å². The van der Waals surface area contributed by atoms with E-state index in [0.717, 1.165) is 11.5 Å². The summed E-state index contributed by atoms with van der Waals surface area (Å²) in [5.74, 6) is 2.11. The normalized spacial score (nSPS) is 12.3. The second-order valence-electron chi connectivity index (χ2n) is 8.31. The monoisotopic (exact) mass is 366 g/mol. The van der Waals surface area contributed by atoms with Gasteiger partial charge in [-0.3, -0.25) is 0 Å². The van der Waals surface area contributed by atoms with Gasteiger partial charge in [0.15, 0.2) is 0 Å². The molecule has 0 amide bonds. The third-order valence-electron chi connectivity index (χ3n) is 4.51. The molecule has 2 nitrogen and oxygen atoms in total. The van der Waals surface area contributed by atoms with E-state index in [-0.39, 0.29) is 0 Å². The van der Waals surface area contributed by atoms with Crippen molar-refractivity contribution < 1.29 is 8.85 Å². The number of hydrogen-bond donors (Lipinski definition) is 0. The maximum atomic E-state index is 6.46. The Morgan fingerprint density at radius 1 is 0.708 bits per heavy atom. The SMILES string of the molecule is CCCC[Si](C)(C)Oc1cc(C)c(O[Si](C)(C)CCCC)cc1C. The first kappa shape index (κ1) is 21.3. The number of rotatable bonds is 10. The van der Waals surface area contributed by atoms with Gasteiger partial charge in [0.1, 0.15) is 11.5 Å². The van der Waals surface area contributed by atoms with Crippen LogP contribution in [0.4, 0.5) is 0 Å². The quantitative estimate of drug-likeness (QED) is 0.412. The molecule has 0 atom stereocenters. The van der Waals surface area contributed by atoms with Gasteiger partial charge in [-0.25, -0.2) is 0 Å². The lowest BCUT2D eigenvalue weighted by Crippen LogP contribution is -2.35. The maximum Gasteiger partial charge on any atom is 0.245 e. The van der Waals surface area contributed by atoms with Crippen molar-refractivity contribution >= 4 is 16.6 Å². The lowest BCUT2D eigenvalue weighted by molar-refractivity contribution is 0.521. The topological polar surface area (TPSA) is 18.5 Å². The molecule has 0 aliphatic heterocycles. The van der Waals surface area contributed by atoms with Crippen LogP contribution in [0.25, 0.3) is 0 Å². The smallest absolute Gasteiger partial charge is 0.245 e. The number of unbranched alkanes of at least 4 members (excludes halogenated alkanes) is 2. The van der Waals surface area contributed by atoms with E-state index in [2.05, 4.69) is 66.0 Å². The highest BCUT2D eigenvalue weighted by Gasteiger charge is 2.27. The number of aryl methyl sites for hydroxylation is 2. The Morgan fingerprint density at radius 3 is 1.33 bits per heavy atom. The second kappa shape index (κ2) is 9.09. The van der Waals surface area contributed by atoms with Crippen molar-refractivity contribution in [2.24, 2.45) is 0 Å². The standard InChI is InChI=1S/C20H38O2Si2/c1-9-11-13-23(5,6)21-19-15-18(4)20(16-17(19)3)22-24(7,8)14-12-10-2/h15-16H,9-14H2,1-8H3. The molecule has 0 fully saturated rings. The third kappa shape index (κ3) is 7.02. The van der Waals surface area contributed by atoms with Crippen molar-refractivity contribution in [3.05, 3.63) is 23.3 Å². The zero-order valence-electron chi connectivity index (χ0n) is 17.2. The Bertz CT molecular complexity index is 477. The Kier molecular flexibility index (Phi) is 8.07. The average molecular weight is 367 g/mol. The molecule has 1 rings (SSSR count). The van der Waals surface area contributed by atoms with E-state index in [9.17, 15) is 0 Å². The third-order valence-corrected chi connectivity index (χ3v) is 9.17. The fourth-order valence-corrected chi connectivity index (χ4v) is 7.13. The highest BCUT2D eigenvalue weighted by molar-refractivity contribution is 6.72. The van der Waals surface area contributed by atoms with Crippen LogP contribution in [0.5, 0.6) is 11.5 Å². The summed E-state index contributed by atoms with van der Waals surface area (Å²) in [4.78, 5) is 0. The van der Waals surface area contributed by atoms with Crippen LogP contribution in [-0.4, -0.2) is 16.6 Å². The molecular weight excluding hydrogens is 328 g/mol. The molecule has 0 bridgehead atoms. The summed E-state index contributed by atoms with van der Waals surface area (Å²) in [5.41, 5.74) is 2.40. The summed E-state index contributed by atoms with van der Waals surface area (Å²) in [6, 6.07) is 6.82. The molecule has 0 heterocycles. The van der Waals surface area contributed by atoms with Crippen molar-refractivity contribution in [3.63, 3.8) is 0 Å². The van der Waals surface area contributed by atoms with E-state index in [1.165, 1.54) is 48.9 Å². The van der Waals surface area contributed by atoms with Gasteiger partial charge in [-0.2, -0.15) is 0 Å². The van der Waals surface area contributed by atoms with Crippen LogP contribution in [-0.2, 0) is 0 Å². The molecule has 0 unspecified atom stereocenters. The Hall–Kier alpha value is -0.746. The van der Waals surface area contributed by atoms with Crippen LogP contribution < -0.4 is 8.85 Å². The van der Waals surface area contributed by atoms with E-state index in [0.29, 0.717) is 0 Å². The molecule has 0 spiro atoms. The van der Waals surface area contributed by atoms with Gasteiger partial charge in [-0.05, 0) is 75.4 Å². The highest BCUT2D eigenvalue weighted by Crippen LogP contribution is 2.32. The molecule has 0 saturated heterocycles. The molecule has 0 N–H and O–H groups in total. The van der Waals surface area contributed by atoms with E-state index in [1.54, 1.807) is 0 Å². The molecule has 0 saturated carbocycles. The van der Waals surface area contributed by atoms with Crippen molar-refractivity contribution in [2.75, 3.05) is 0 Å². The maximum absolute atomic E-state index is 6.46. The molecule has 1 aromatic rings. The van der Waals surface area contributed by atoms with Crippen LogP contribution >= 0.6 is 0 Å². The molecule has 0 aliphatic carbocycles. The molecule has 0 aliphatic rings. The van der Waals surface area contributed by atoms with Gasteiger partial charge < -0.3 is 8.85 Å². The van der Waals surface area contributed by atoms with Gasteiger partial charge in [0.2, 0.25) is 16.6 Å². The van der Waals surface area contributed by atoms with Crippen molar-refractivity contribution in [1.82, 2.24) is 0 Å². The first-order chi connectivity index (χ1) is 11.1. The molecule has 1 aromatic carbocycles. The van der Waals surface area contributed by atoms with Gasteiger partial charge in [0.25, 0.3) is 0 Å². The minimum Gasteiger partial charge on any atom is -0.544 e. The largest absolute Gasteiger partial charge is 0.544 e. The van der Waals surface area contributed by atoms with Crippen molar-refractivity contribution in [3.8, 4) is 11.5 Å². The average Bonchev–Trinajstić information content (AvgIpc) is 2.48. The molecule has 138 valence electrons. The van der Waals surface area contributed by atoms with Gasteiger partial charge in [-0.1, -0.05) is 39.5 Å². The molecule has 24 heavy (non-hydrogen) atoms. The highest BCUT2D eigenvalue weighted by atomic mass is 28.4. The molecule has 4 heteroatoms. The summed E-state index contributed by atoms with van der Waals surface area (Å²) in [6.07, 6.45) is 5.00.